The second kappa shape index (κ2) is 13.7. The number of amides is 4. The van der Waals surface area contributed by atoms with Gasteiger partial charge in [0.15, 0.2) is 0 Å². The Hall–Kier alpha value is -3.97. The summed E-state index contributed by atoms with van der Waals surface area (Å²) in [5.74, 6) is -3.98. The number of aliphatic carboxylic acids is 1. The van der Waals surface area contributed by atoms with E-state index in [2.05, 4.69) is 15.6 Å². The number of fused-ring (bicyclic) bond motifs is 1. The number of carboxylic acid groups (broad SMARTS) is 1. The Kier molecular flexibility index (Phi) is 10.4. The maximum absolute atomic E-state index is 13.3. The third kappa shape index (κ3) is 7.77. The summed E-state index contributed by atoms with van der Waals surface area (Å²) in [6.45, 7) is 0.566. The van der Waals surface area contributed by atoms with Crippen LogP contribution >= 0.6 is 0 Å². The molecular weight excluding hydrogens is 506 g/mol. The summed E-state index contributed by atoms with van der Waals surface area (Å²) in [6.07, 6.45) is 3.56. The molecule has 1 aromatic heterocycles. The number of carboxylic acids is 1. The third-order valence-corrected chi connectivity index (χ3v) is 6.87. The van der Waals surface area contributed by atoms with E-state index in [9.17, 15) is 29.1 Å². The number of nitrogens with two attached hydrogens (primary N) is 3. The molecule has 4 atom stereocenters. The van der Waals surface area contributed by atoms with Crippen molar-refractivity contribution < 1.29 is 29.1 Å². The van der Waals surface area contributed by atoms with Gasteiger partial charge in [-0.15, -0.1) is 0 Å². The summed E-state index contributed by atoms with van der Waals surface area (Å²) in [5, 5.41) is 15.6. The standard InChI is InChI=1S/C26H37N7O6/c27-10-4-3-8-19(31-23(35)17(28)12-15-14-30-18-7-2-1-6-16(15)18)24(36)32-20(13-22(29)34)25(37)33-11-5-9-21(33)26(38)39/h1-2,6-7,14,17,19-21,30H,3-5,8-13,27-28H2,(H2,29,34)(H,31,35)(H,32,36)(H,38,39). The maximum atomic E-state index is 13.3. The average Bonchev–Trinajstić information content (AvgIpc) is 3.55. The first-order chi connectivity index (χ1) is 18.6. The molecule has 1 aliphatic rings. The van der Waals surface area contributed by atoms with Crippen LogP contribution in [0, 0.1) is 0 Å². The molecule has 39 heavy (non-hydrogen) atoms. The molecule has 13 nitrogen and oxygen atoms in total. The maximum Gasteiger partial charge on any atom is 0.326 e. The van der Waals surface area contributed by atoms with Crippen LogP contribution in [0.3, 0.4) is 0 Å². The average molecular weight is 544 g/mol. The van der Waals surface area contributed by atoms with Crippen LogP contribution in [-0.4, -0.2) is 81.8 Å². The Morgan fingerprint density at radius 3 is 2.49 bits per heavy atom. The fourth-order valence-corrected chi connectivity index (χ4v) is 4.83. The smallest absolute Gasteiger partial charge is 0.326 e. The molecule has 1 aromatic carbocycles. The number of nitrogens with one attached hydrogen (secondary N) is 3. The number of para-hydroxylation sites is 1. The van der Waals surface area contributed by atoms with Gasteiger partial charge in [0.25, 0.3) is 0 Å². The Balaban J connectivity index is 1.71. The molecule has 0 radical (unpaired) electrons. The molecular formula is C26H37N7O6. The Bertz CT molecular complexity index is 1200. The third-order valence-electron chi connectivity index (χ3n) is 6.87. The van der Waals surface area contributed by atoms with Crippen molar-refractivity contribution in [3.05, 3.63) is 36.0 Å². The van der Waals surface area contributed by atoms with Crippen molar-refractivity contribution in [2.75, 3.05) is 13.1 Å². The van der Waals surface area contributed by atoms with Crippen LogP contribution in [0.5, 0.6) is 0 Å². The lowest BCUT2D eigenvalue weighted by atomic mass is 10.0. The molecule has 10 N–H and O–H groups in total. The molecule has 0 aliphatic carbocycles. The fraction of sp³-hybridized carbons (Fsp3) is 0.500. The molecule has 4 amide bonds. The summed E-state index contributed by atoms with van der Waals surface area (Å²) in [7, 11) is 0. The van der Waals surface area contributed by atoms with Gasteiger partial charge in [0.1, 0.15) is 18.1 Å². The number of primary amides is 1. The first-order valence-corrected chi connectivity index (χ1v) is 13.0. The molecule has 3 rings (SSSR count). The number of aromatic amines is 1. The van der Waals surface area contributed by atoms with Crippen LogP contribution in [-0.2, 0) is 30.4 Å². The lowest BCUT2D eigenvalue weighted by Gasteiger charge is -2.28. The van der Waals surface area contributed by atoms with Crippen molar-refractivity contribution in [2.45, 2.75) is 69.1 Å². The van der Waals surface area contributed by atoms with Gasteiger partial charge < -0.3 is 42.8 Å². The largest absolute Gasteiger partial charge is 0.480 e. The van der Waals surface area contributed by atoms with Gasteiger partial charge >= 0.3 is 5.97 Å². The van der Waals surface area contributed by atoms with Gasteiger partial charge in [-0.3, -0.25) is 19.2 Å². The minimum atomic E-state index is -1.37. The summed E-state index contributed by atoms with van der Waals surface area (Å²) in [6, 6.07) is 3.16. The number of rotatable bonds is 14. The van der Waals surface area contributed by atoms with Crippen LogP contribution in [0.2, 0.25) is 0 Å². The number of H-pyrrole nitrogens is 1. The van der Waals surface area contributed by atoms with Crippen LogP contribution < -0.4 is 27.8 Å². The first kappa shape index (κ1) is 29.6. The van der Waals surface area contributed by atoms with Gasteiger partial charge in [-0.25, -0.2) is 4.79 Å². The second-order valence-corrected chi connectivity index (χ2v) is 9.78. The monoisotopic (exact) mass is 543 g/mol. The highest BCUT2D eigenvalue weighted by molar-refractivity contribution is 5.96. The van der Waals surface area contributed by atoms with E-state index in [4.69, 9.17) is 17.2 Å². The van der Waals surface area contributed by atoms with Crippen molar-refractivity contribution in [2.24, 2.45) is 17.2 Å². The zero-order valence-corrected chi connectivity index (χ0v) is 21.7. The summed E-state index contributed by atoms with van der Waals surface area (Å²) in [4.78, 5) is 67.0. The van der Waals surface area contributed by atoms with Gasteiger partial charge in [-0.1, -0.05) is 18.2 Å². The van der Waals surface area contributed by atoms with Crippen molar-refractivity contribution in [1.82, 2.24) is 20.5 Å². The van der Waals surface area contributed by atoms with Gasteiger partial charge in [-0.2, -0.15) is 0 Å². The van der Waals surface area contributed by atoms with E-state index in [0.717, 1.165) is 21.4 Å². The van der Waals surface area contributed by atoms with Gasteiger partial charge in [-0.05, 0) is 56.7 Å². The number of nitrogens with zero attached hydrogens (tertiary/aromatic N) is 1. The normalized spacial score (nSPS) is 17.4. The molecule has 0 saturated carbocycles. The van der Waals surface area contributed by atoms with Crippen LogP contribution in [0.15, 0.2) is 30.5 Å². The molecule has 1 fully saturated rings. The zero-order valence-electron chi connectivity index (χ0n) is 21.7. The second-order valence-electron chi connectivity index (χ2n) is 9.78. The number of benzene rings is 1. The van der Waals surface area contributed by atoms with E-state index < -0.39 is 60.2 Å². The van der Waals surface area contributed by atoms with Crippen molar-refractivity contribution >= 4 is 40.5 Å². The molecule has 2 aromatic rings. The molecule has 0 spiro atoms. The fourth-order valence-electron chi connectivity index (χ4n) is 4.83. The Morgan fingerprint density at radius 1 is 1.08 bits per heavy atom. The molecule has 1 aliphatic heterocycles. The number of carbonyl (C=O) groups excluding carboxylic acids is 4. The highest BCUT2D eigenvalue weighted by atomic mass is 16.4. The molecule has 1 saturated heterocycles. The number of unbranched alkanes of at least 4 members (excludes halogenated alkanes) is 1. The lowest BCUT2D eigenvalue weighted by Crippen LogP contribution is -2.58. The van der Waals surface area contributed by atoms with Gasteiger partial charge in [0.2, 0.25) is 23.6 Å². The number of likely N-dealkylation sites (tertiary alicyclic amines) is 1. The number of hydrogen-bond donors (Lipinski definition) is 7. The summed E-state index contributed by atoms with van der Waals surface area (Å²) >= 11 is 0. The van der Waals surface area contributed by atoms with Crippen LogP contribution in [0.25, 0.3) is 10.9 Å². The van der Waals surface area contributed by atoms with Gasteiger partial charge in [0.05, 0.1) is 12.5 Å². The SMILES string of the molecule is NCCCCC(NC(=O)C(N)Cc1c[nH]c2ccccc12)C(=O)NC(CC(N)=O)C(=O)N1CCCC1C(=O)O. The number of hydrogen-bond acceptors (Lipinski definition) is 7. The Labute approximate surface area is 225 Å². The molecule has 212 valence electrons. The van der Waals surface area contributed by atoms with Crippen LogP contribution in [0.4, 0.5) is 0 Å². The van der Waals surface area contributed by atoms with E-state index in [0.29, 0.717) is 25.8 Å². The lowest BCUT2D eigenvalue weighted by molar-refractivity contribution is -0.149. The summed E-state index contributed by atoms with van der Waals surface area (Å²) < 4.78 is 0. The highest BCUT2D eigenvalue weighted by Gasteiger charge is 2.39. The molecule has 2 heterocycles. The van der Waals surface area contributed by atoms with E-state index in [1.807, 2.05) is 24.3 Å². The number of carbonyl (C=O) groups is 5. The highest BCUT2D eigenvalue weighted by Crippen LogP contribution is 2.20. The number of aromatic nitrogens is 1. The van der Waals surface area contributed by atoms with E-state index in [1.54, 1.807) is 6.20 Å². The van der Waals surface area contributed by atoms with Gasteiger partial charge in [0, 0.05) is 23.6 Å². The predicted molar refractivity (Wildman–Crippen MR) is 143 cm³/mol. The molecule has 13 heteroatoms. The topological polar surface area (TPSA) is 227 Å². The van der Waals surface area contributed by atoms with Crippen molar-refractivity contribution in [3.63, 3.8) is 0 Å². The van der Waals surface area contributed by atoms with E-state index >= 15 is 0 Å². The van der Waals surface area contributed by atoms with Crippen molar-refractivity contribution in [1.29, 1.82) is 0 Å². The Morgan fingerprint density at radius 2 is 1.79 bits per heavy atom. The van der Waals surface area contributed by atoms with Crippen LogP contribution in [0.1, 0.15) is 44.1 Å². The minimum absolute atomic E-state index is 0.181. The van der Waals surface area contributed by atoms with E-state index in [-0.39, 0.29) is 25.8 Å². The van der Waals surface area contributed by atoms with E-state index in [1.165, 1.54) is 0 Å². The summed E-state index contributed by atoms with van der Waals surface area (Å²) in [5.41, 5.74) is 18.9. The quantitative estimate of drug-likeness (QED) is 0.147. The minimum Gasteiger partial charge on any atom is -0.480 e. The zero-order chi connectivity index (χ0) is 28.5. The molecule has 0 bridgehead atoms. The predicted octanol–water partition coefficient (Wildman–Crippen LogP) is -0.913. The molecule has 4 unspecified atom stereocenters. The van der Waals surface area contributed by atoms with Crippen molar-refractivity contribution in [3.8, 4) is 0 Å². The first-order valence-electron chi connectivity index (χ1n) is 13.0.